The second kappa shape index (κ2) is 5.58. The zero-order chi connectivity index (χ0) is 12.1. The van der Waals surface area contributed by atoms with Gasteiger partial charge in [0, 0.05) is 0 Å². The van der Waals surface area contributed by atoms with Crippen molar-refractivity contribution >= 4 is 5.71 Å². The molecular formula is C12H15F2NO. The Hall–Kier alpha value is -1.45. The van der Waals surface area contributed by atoms with E-state index in [1.165, 1.54) is 25.1 Å². The molecule has 0 fully saturated rings. The minimum absolute atomic E-state index is 0.0650. The molecule has 0 aliphatic rings. The fourth-order valence-electron chi connectivity index (χ4n) is 1.13. The lowest BCUT2D eigenvalue weighted by molar-refractivity contribution is 0.0698. The molecule has 1 aromatic carbocycles. The first-order chi connectivity index (χ1) is 7.56. The minimum atomic E-state index is -0.631. The lowest BCUT2D eigenvalue weighted by Crippen LogP contribution is -2.07. The fourth-order valence-corrected chi connectivity index (χ4v) is 1.13. The molecule has 1 unspecified atom stereocenters. The molecule has 4 heteroatoms. The molecule has 0 heterocycles. The van der Waals surface area contributed by atoms with Crippen molar-refractivity contribution in [2.45, 2.75) is 33.3 Å². The summed E-state index contributed by atoms with van der Waals surface area (Å²) in [4.78, 5) is 5.07. The van der Waals surface area contributed by atoms with Gasteiger partial charge >= 0.3 is 0 Å². The van der Waals surface area contributed by atoms with Crippen LogP contribution >= 0.6 is 0 Å². The van der Waals surface area contributed by atoms with E-state index >= 15 is 0 Å². The number of benzene rings is 1. The van der Waals surface area contributed by atoms with Gasteiger partial charge in [0.1, 0.15) is 17.7 Å². The first-order valence-corrected chi connectivity index (χ1v) is 5.21. The van der Waals surface area contributed by atoms with Gasteiger partial charge in [-0.2, -0.15) is 0 Å². The van der Waals surface area contributed by atoms with E-state index in [9.17, 15) is 8.78 Å². The quantitative estimate of drug-likeness (QED) is 0.569. The Morgan fingerprint density at radius 1 is 1.38 bits per heavy atom. The van der Waals surface area contributed by atoms with E-state index in [0.29, 0.717) is 0 Å². The number of halogens is 2. The summed E-state index contributed by atoms with van der Waals surface area (Å²) in [7, 11) is 0. The van der Waals surface area contributed by atoms with Crippen LogP contribution in [0.5, 0.6) is 0 Å². The molecule has 16 heavy (non-hydrogen) atoms. The van der Waals surface area contributed by atoms with Crippen LogP contribution in [0.3, 0.4) is 0 Å². The molecular weight excluding hydrogens is 212 g/mol. The third kappa shape index (κ3) is 3.02. The molecule has 0 aliphatic heterocycles. The van der Waals surface area contributed by atoms with Gasteiger partial charge < -0.3 is 4.84 Å². The van der Waals surface area contributed by atoms with Crippen molar-refractivity contribution in [3.05, 3.63) is 35.4 Å². The van der Waals surface area contributed by atoms with Crippen molar-refractivity contribution in [3.8, 4) is 0 Å². The van der Waals surface area contributed by atoms with Gasteiger partial charge in [-0.3, -0.25) is 0 Å². The zero-order valence-corrected chi connectivity index (χ0v) is 9.63. The van der Waals surface area contributed by atoms with E-state index in [-0.39, 0.29) is 17.4 Å². The number of hydrogen-bond acceptors (Lipinski definition) is 2. The summed E-state index contributed by atoms with van der Waals surface area (Å²) in [5, 5.41) is 3.72. The lowest BCUT2D eigenvalue weighted by atomic mass is 10.1. The molecule has 0 aliphatic carbocycles. The average Bonchev–Trinajstić information content (AvgIpc) is 2.25. The normalized spacial score (nSPS) is 13.7. The molecule has 0 spiro atoms. The summed E-state index contributed by atoms with van der Waals surface area (Å²) in [5.41, 5.74) is 0.0710. The maximum absolute atomic E-state index is 13.3. The van der Waals surface area contributed by atoms with Gasteiger partial charge in [0.25, 0.3) is 0 Å². The molecule has 1 aromatic rings. The van der Waals surface area contributed by atoms with Crippen LogP contribution in [0.4, 0.5) is 8.78 Å². The van der Waals surface area contributed by atoms with Crippen molar-refractivity contribution < 1.29 is 13.6 Å². The largest absolute Gasteiger partial charge is 0.393 e. The maximum Gasteiger partial charge on any atom is 0.135 e. The van der Waals surface area contributed by atoms with Gasteiger partial charge in [0.2, 0.25) is 0 Å². The van der Waals surface area contributed by atoms with Crippen LogP contribution in [0.25, 0.3) is 0 Å². The van der Waals surface area contributed by atoms with Crippen LogP contribution < -0.4 is 0 Å². The molecule has 0 saturated carbocycles. The first kappa shape index (κ1) is 12.6. The molecule has 0 aromatic heterocycles. The van der Waals surface area contributed by atoms with E-state index in [2.05, 4.69) is 5.16 Å². The van der Waals surface area contributed by atoms with Crippen molar-refractivity contribution in [3.63, 3.8) is 0 Å². The van der Waals surface area contributed by atoms with Gasteiger partial charge in [-0.15, -0.1) is 0 Å². The number of oxime groups is 1. The predicted molar refractivity (Wildman–Crippen MR) is 59.4 cm³/mol. The molecule has 1 atom stereocenters. The highest BCUT2D eigenvalue weighted by Gasteiger charge is 2.12. The molecule has 88 valence electrons. The topological polar surface area (TPSA) is 21.6 Å². The molecule has 0 amide bonds. The minimum Gasteiger partial charge on any atom is -0.393 e. The van der Waals surface area contributed by atoms with Gasteiger partial charge in [-0.1, -0.05) is 18.1 Å². The predicted octanol–water partition coefficient (Wildman–Crippen LogP) is 3.50. The number of hydrogen-bond donors (Lipinski definition) is 0. The Labute approximate surface area is 93.9 Å². The van der Waals surface area contributed by atoms with Crippen LogP contribution in [-0.2, 0) is 4.84 Å². The third-order valence-electron chi connectivity index (χ3n) is 2.27. The van der Waals surface area contributed by atoms with Gasteiger partial charge in [-0.05, 0) is 32.4 Å². The molecule has 0 N–H and O–H groups in total. The van der Waals surface area contributed by atoms with Crippen molar-refractivity contribution in [1.29, 1.82) is 0 Å². The van der Waals surface area contributed by atoms with E-state index < -0.39 is 11.6 Å². The Balaban J connectivity index is 2.91. The number of nitrogens with zero attached hydrogens (tertiary/aromatic N) is 1. The summed E-state index contributed by atoms with van der Waals surface area (Å²) in [6.07, 6.45) is 0.723. The fraction of sp³-hybridized carbons (Fsp3) is 0.417. The van der Waals surface area contributed by atoms with Gasteiger partial charge in [-0.25, -0.2) is 8.78 Å². The van der Waals surface area contributed by atoms with Gasteiger partial charge in [0.15, 0.2) is 0 Å². The SMILES string of the molecule is CCC(C)O/N=C(\C)c1c(F)cccc1F. The Morgan fingerprint density at radius 3 is 2.44 bits per heavy atom. The summed E-state index contributed by atoms with van der Waals surface area (Å²) in [5.74, 6) is -1.26. The summed E-state index contributed by atoms with van der Waals surface area (Å²) >= 11 is 0. The highest BCUT2D eigenvalue weighted by atomic mass is 19.1. The Kier molecular flexibility index (Phi) is 4.40. The van der Waals surface area contributed by atoms with Crippen LogP contribution in [-0.4, -0.2) is 11.8 Å². The van der Waals surface area contributed by atoms with Crippen molar-refractivity contribution in [1.82, 2.24) is 0 Å². The Bertz CT molecular complexity index is 370. The second-order valence-electron chi connectivity index (χ2n) is 3.60. The zero-order valence-electron chi connectivity index (χ0n) is 9.63. The van der Waals surface area contributed by atoms with Crippen LogP contribution in [0.2, 0.25) is 0 Å². The summed E-state index contributed by atoms with van der Waals surface area (Å²) in [6.45, 7) is 5.30. The lowest BCUT2D eigenvalue weighted by Gasteiger charge is -2.08. The van der Waals surface area contributed by atoms with Crippen molar-refractivity contribution in [2.75, 3.05) is 0 Å². The summed E-state index contributed by atoms with van der Waals surface area (Å²) < 4.78 is 26.7. The standard InChI is InChI=1S/C12H15F2NO/c1-4-8(2)16-15-9(3)12-10(13)6-5-7-11(12)14/h5-8H,4H2,1-3H3/b15-9+. The summed E-state index contributed by atoms with van der Waals surface area (Å²) in [6, 6.07) is 3.71. The molecule has 0 radical (unpaired) electrons. The van der Waals surface area contributed by atoms with E-state index in [1.54, 1.807) is 0 Å². The average molecular weight is 227 g/mol. The van der Waals surface area contributed by atoms with Gasteiger partial charge in [0.05, 0.1) is 11.3 Å². The first-order valence-electron chi connectivity index (χ1n) is 5.21. The smallest absolute Gasteiger partial charge is 0.135 e. The monoisotopic (exact) mass is 227 g/mol. The van der Waals surface area contributed by atoms with E-state index in [4.69, 9.17) is 4.84 Å². The molecule has 1 rings (SSSR count). The molecule has 0 saturated heterocycles. The maximum atomic E-state index is 13.3. The van der Waals surface area contributed by atoms with Crippen LogP contribution in [0, 0.1) is 11.6 Å². The highest BCUT2D eigenvalue weighted by molar-refractivity contribution is 5.98. The third-order valence-corrected chi connectivity index (χ3v) is 2.27. The van der Waals surface area contributed by atoms with Crippen LogP contribution in [0.15, 0.2) is 23.4 Å². The highest BCUT2D eigenvalue weighted by Crippen LogP contribution is 2.13. The van der Waals surface area contributed by atoms with E-state index in [1.807, 2.05) is 13.8 Å². The molecule has 0 bridgehead atoms. The molecule has 2 nitrogen and oxygen atoms in total. The van der Waals surface area contributed by atoms with Crippen molar-refractivity contribution in [2.24, 2.45) is 5.16 Å². The Morgan fingerprint density at radius 2 is 1.94 bits per heavy atom. The van der Waals surface area contributed by atoms with Crippen LogP contribution in [0.1, 0.15) is 32.8 Å². The number of rotatable bonds is 4. The second-order valence-corrected chi connectivity index (χ2v) is 3.60. The van der Waals surface area contributed by atoms with E-state index in [0.717, 1.165) is 6.42 Å².